The zero-order valence-corrected chi connectivity index (χ0v) is 20.6. The van der Waals surface area contributed by atoms with Gasteiger partial charge in [0.05, 0.1) is 18.2 Å². The Hall–Kier alpha value is -3.60. The molecule has 184 valence electrons. The summed E-state index contributed by atoms with van der Waals surface area (Å²) in [7, 11) is 1.60. The fourth-order valence-electron chi connectivity index (χ4n) is 6.79. The van der Waals surface area contributed by atoms with Crippen molar-refractivity contribution in [3.63, 3.8) is 0 Å². The first kappa shape index (κ1) is 22.8. The molecule has 0 amide bonds. The van der Waals surface area contributed by atoms with Gasteiger partial charge in [0.25, 0.3) is 0 Å². The third-order valence-electron chi connectivity index (χ3n) is 8.04. The van der Waals surface area contributed by atoms with E-state index in [0.717, 1.165) is 42.0 Å². The zero-order chi connectivity index (χ0) is 24.5. The minimum absolute atomic E-state index is 0.0703. The number of nitrogens with zero attached hydrogens (tertiary/aromatic N) is 1. The lowest BCUT2D eigenvalue weighted by atomic mass is 9.49. The molecule has 5 nitrogen and oxygen atoms in total. The van der Waals surface area contributed by atoms with Crippen LogP contribution in [0, 0.1) is 23.2 Å². The van der Waals surface area contributed by atoms with Crippen molar-refractivity contribution in [1.29, 1.82) is 0 Å². The average Bonchev–Trinajstić information content (AvgIpc) is 2.88. The van der Waals surface area contributed by atoms with E-state index in [1.54, 1.807) is 13.3 Å². The topological polar surface area (TPSA) is 57.1 Å². The van der Waals surface area contributed by atoms with E-state index in [9.17, 15) is 4.79 Å². The summed E-state index contributed by atoms with van der Waals surface area (Å²) in [6.45, 7) is 0. The van der Waals surface area contributed by atoms with Crippen LogP contribution >= 0.6 is 0 Å². The first-order valence-corrected chi connectivity index (χ1v) is 12.9. The Morgan fingerprint density at radius 1 is 0.833 bits per heavy atom. The first-order chi connectivity index (χ1) is 17.6. The van der Waals surface area contributed by atoms with E-state index in [-0.39, 0.29) is 11.4 Å². The highest BCUT2D eigenvalue weighted by Crippen LogP contribution is 2.60. The Morgan fingerprint density at radius 2 is 1.47 bits per heavy atom. The summed E-state index contributed by atoms with van der Waals surface area (Å²) in [6.07, 6.45) is 8.63. The Bertz CT molecular complexity index is 1230. The highest BCUT2D eigenvalue weighted by atomic mass is 16.6. The van der Waals surface area contributed by atoms with Crippen LogP contribution in [0.4, 0.5) is 5.69 Å². The maximum absolute atomic E-state index is 13.4. The summed E-state index contributed by atoms with van der Waals surface area (Å²) < 4.78 is 17.4. The molecule has 0 aliphatic heterocycles. The number of carbonyl (C=O) groups is 1. The van der Waals surface area contributed by atoms with Gasteiger partial charge in [-0.2, -0.15) is 0 Å². The molecule has 0 heterocycles. The van der Waals surface area contributed by atoms with Gasteiger partial charge in [-0.1, -0.05) is 18.2 Å². The van der Waals surface area contributed by atoms with Crippen LogP contribution in [0.2, 0.25) is 0 Å². The van der Waals surface area contributed by atoms with Gasteiger partial charge in [0, 0.05) is 6.21 Å². The predicted octanol–water partition coefficient (Wildman–Crippen LogP) is 7.36. The van der Waals surface area contributed by atoms with Gasteiger partial charge in [-0.15, -0.1) is 0 Å². The average molecular weight is 482 g/mol. The normalized spacial score (nSPS) is 26.2. The molecule has 0 unspecified atom stereocenters. The number of ether oxygens (including phenoxy) is 3. The molecule has 7 rings (SSSR count). The number of methoxy groups -OCH3 is 1. The Morgan fingerprint density at radius 3 is 2.11 bits per heavy atom. The summed E-state index contributed by atoms with van der Waals surface area (Å²) in [5.41, 5.74) is 1.38. The van der Waals surface area contributed by atoms with E-state index in [0.29, 0.717) is 29.3 Å². The second-order valence-corrected chi connectivity index (χ2v) is 10.7. The Kier molecular flexibility index (Phi) is 6.00. The summed E-state index contributed by atoms with van der Waals surface area (Å²) in [5.74, 6) is 4.60. The highest BCUT2D eigenvalue weighted by Gasteiger charge is 2.55. The molecule has 0 spiro atoms. The number of benzene rings is 3. The van der Waals surface area contributed by atoms with Crippen molar-refractivity contribution in [2.75, 3.05) is 7.11 Å². The van der Waals surface area contributed by atoms with Crippen molar-refractivity contribution in [1.82, 2.24) is 0 Å². The molecule has 4 aliphatic rings. The summed E-state index contributed by atoms with van der Waals surface area (Å²) >= 11 is 0. The van der Waals surface area contributed by atoms with Gasteiger partial charge in [-0.05, 0) is 116 Å². The number of hydrogen-bond acceptors (Lipinski definition) is 5. The van der Waals surface area contributed by atoms with Crippen molar-refractivity contribution >= 4 is 17.9 Å². The van der Waals surface area contributed by atoms with Crippen molar-refractivity contribution in [2.24, 2.45) is 28.2 Å². The molecule has 4 bridgehead atoms. The number of carbonyl (C=O) groups excluding carboxylic acids is 1. The quantitative estimate of drug-likeness (QED) is 0.201. The first-order valence-electron chi connectivity index (χ1n) is 12.9. The Labute approximate surface area is 212 Å². The van der Waals surface area contributed by atoms with Gasteiger partial charge >= 0.3 is 5.97 Å². The highest BCUT2D eigenvalue weighted by molar-refractivity contribution is 5.84. The number of aliphatic imine (C=N–C) groups is 1. The van der Waals surface area contributed by atoms with Crippen LogP contribution < -0.4 is 14.2 Å². The second-order valence-electron chi connectivity index (χ2n) is 10.7. The van der Waals surface area contributed by atoms with Crippen LogP contribution in [0.1, 0.15) is 44.1 Å². The number of hydrogen-bond donors (Lipinski definition) is 0. The summed E-state index contributed by atoms with van der Waals surface area (Å²) in [5, 5.41) is 0. The molecule has 4 aliphatic carbocycles. The van der Waals surface area contributed by atoms with Crippen LogP contribution in [0.25, 0.3) is 0 Å². The largest absolute Gasteiger partial charge is 0.493 e. The fraction of sp³-hybridized carbons (Fsp3) is 0.355. The van der Waals surface area contributed by atoms with Gasteiger partial charge in [-0.25, -0.2) is 0 Å². The van der Waals surface area contributed by atoms with E-state index in [2.05, 4.69) is 4.99 Å². The van der Waals surface area contributed by atoms with Crippen LogP contribution in [0.5, 0.6) is 23.0 Å². The lowest BCUT2D eigenvalue weighted by Crippen LogP contribution is -2.51. The van der Waals surface area contributed by atoms with Gasteiger partial charge in [-0.3, -0.25) is 9.79 Å². The molecule has 0 N–H and O–H groups in total. The van der Waals surface area contributed by atoms with Crippen LogP contribution in [0.3, 0.4) is 0 Å². The molecule has 0 saturated heterocycles. The van der Waals surface area contributed by atoms with E-state index in [4.69, 9.17) is 14.2 Å². The maximum Gasteiger partial charge on any atom is 0.317 e. The monoisotopic (exact) mass is 481 g/mol. The minimum atomic E-state index is -0.295. The molecule has 3 aromatic rings. The van der Waals surface area contributed by atoms with Crippen molar-refractivity contribution < 1.29 is 19.0 Å². The summed E-state index contributed by atoms with van der Waals surface area (Å²) in [4.78, 5) is 17.9. The minimum Gasteiger partial charge on any atom is -0.493 e. The second kappa shape index (κ2) is 9.45. The molecule has 4 fully saturated rings. The Balaban J connectivity index is 1.12. The van der Waals surface area contributed by atoms with Crippen molar-refractivity contribution in [3.05, 3.63) is 78.4 Å². The predicted molar refractivity (Wildman–Crippen MR) is 139 cm³/mol. The number of esters is 1. The van der Waals surface area contributed by atoms with Crippen molar-refractivity contribution in [3.8, 4) is 23.0 Å². The standard InChI is InChI=1S/C31H31NO4/c1-34-29-16-21(20-32-25-8-10-27(11-9-25)35-26-5-3-2-4-6-26)7-12-28(29)36-30(33)31-17-22-13-23(18-31)15-24(14-22)19-31/h2-12,16,20,22-24H,13-15,17-19H2,1H3. The van der Waals surface area contributed by atoms with Gasteiger partial charge in [0.2, 0.25) is 0 Å². The summed E-state index contributed by atoms with van der Waals surface area (Å²) in [6, 6.07) is 22.9. The SMILES string of the molecule is COc1cc(C=Nc2ccc(Oc3ccccc3)cc2)ccc1OC(=O)C12CC3CC(CC(C3)C1)C2. The molecule has 0 radical (unpaired) electrons. The molecule has 36 heavy (non-hydrogen) atoms. The molecule has 0 atom stereocenters. The van der Waals surface area contributed by atoms with Gasteiger partial charge < -0.3 is 14.2 Å². The van der Waals surface area contributed by atoms with Crippen LogP contribution in [-0.2, 0) is 4.79 Å². The number of rotatable bonds is 7. The maximum atomic E-state index is 13.4. The molecular weight excluding hydrogens is 450 g/mol. The fourth-order valence-corrected chi connectivity index (χ4v) is 6.79. The third-order valence-corrected chi connectivity index (χ3v) is 8.04. The molecule has 4 saturated carbocycles. The lowest BCUT2D eigenvalue weighted by Gasteiger charge is -2.55. The van der Waals surface area contributed by atoms with E-state index in [1.165, 1.54) is 19.3 Å². The van der Waals surface area contributed by atoms with Gasteiger partial charge in [0.1, 0.15) is 11.5 Å². The smallest absolute Gasteiger partial charge is 0.317 e. The lowest BCUT2D eigenvalue weighted by molar-refractivity contribution is -0.161. The van der Waals surface area contributed by atoms with Gasteiger partial charge in [0.15, 0.2) is 11.5 Å². The molecule has 0 aromatic heterocycles. The molecule has 5 heteroatoms. The van der Waals surface area contributed by atoms with Crippen LogP contribution in [-0.4, -0.2) is 19.3 Å². The van der Waals surface area contributed by atoms with Crippen molar-refractivity contribution in [2.45, 2.75) is 38.5 Å². The van der Waals surface area contributed by atoms with Crippen LogP contribution in [0.15, 0.2) is 77.8 Å². The van der Waals surface area contributed by atoms with E-state index in [1.807, 2.05) is 72.8 Å². The zero-order valence-electron chi connectivity index (χ0n) is 20.6. The molecular formula is C31H31NO4. The molecule has 3 aromatic carbocycles. The van der Waals surface area contributed by atoms with E-state index >= 15 is 0 Å². The number of para-hydroxylation sites is 1. The third kappa shape index (κ3) is 4.62. The van der Waals surface area contributed by atoms with E-state index < -0.39 is 0 Å².